The summed E-state index contributed by atoms with van der Waals surface area (Å²) in [7, 11) is 1.58. The predicted molar refractivity (Wildman–Crippen MR) is 124 cm³/mol. The molecule has 1 aliphatic heterocycles. The first-order valence-corrected chi connectivity index (χ1v) is 10.6. The van der Waals surface area contributed by atoms with Crippen molar-refractivity contribution in [1.29, 1.82) is 0 Å². The van der Waals surface area contributed by atoms with Gasteiger partial charge in [0.1, 0.15) is 11.6 Å². The van der Waals surface area contributed by atoms with Crippen LogP contribution < -0.4 is 20.3 Å². The molecule has 0 atom stereocenters. The number of hydrogen-bond acceptors (Lipinski definition) is 5. The van der Waals surface area contributed by atoms with E-state index < -0.39 is 0 Å². The zero-order valence-corrected chi connectivity index (χ0v) is 18.1. The molecule has 0 bridgehead atoms. The second-order valence-corrected chi connectivity index (χ2v) is 7.74. The number of nitrogens with one attached hydrogen (secondary N) is 2. The van der Waals surface area contributed by atoms with Crippen molar-refractivity contribution in [1.82, 2.24) is 15.3 Å². The van der Waals surface area contributed by atoms with E-state index in [4.69, 9.17) is 17.0 Å². The number of anilines is 2. The van der Waals surface area contributed by atoms with Crippen LogP contribution in [0.15, 0.2) is 54.6 Å². The maximum absolute atomic E-state index is 13.0. The molecular weight excluding hydrogens is 413 g/mol. The predicted octanol–water partition coefficient (Wildman–Crippen LogP) is 4.06. The Hall–Kier alpha value is -3.26. The highest BCUT2D eigenvalue weighted by molar-refractivity contribution is 7.80. The van der Waals surface area contributed by atoms with Crippen molar-refractivity contribution in [3.63, 3.8) is 0 Å². The van der Waals surface area contributed by atoms with Gasteiger partial charge in [0.05, 0.1) is 7.11 Å². The van der Waals surface area contributed by atoms with Gasteiger partial charge in [0.15, 0.2) is 5.11 Å². The molecule has 31 heavy (non-hydrogen) atoms. The first-order chi connectivity index (χ1) is 15.1. The molecule has 2 aromatic carbocycles. The monoisotopic (exact) mass is 437 g/mol. The number of benzene rings is 2. The van der Waals surface area contributed by atoms with Gasteiger partial charge in [-0.25, -0.2) is 4.39 Å². The van der Waals surface area contributed by atoms with Crippen LogP contribution in [0.1, 0.15) is 23.1 Å². The van der Waals surface area contributed by atoms with E-state index in [1.165, 1.54) is 23.3 Å². The largest absolute Gasteiger partial charge is 0.481 e. The molecule has 0 aliphatic carbocycles. The lowest BCUT2D eigenvalue weighted by atomic mass is 10.1. The molecule has 0 amide bonds. The minimum absolute atomic E-state index is 0.220. The highest BCUT2D eigenvalue weighted by Gasteiger charge is 2.21. The van der Waals surface area contributed by atoms with E-state index >= 15 is 0 Å². The highest BCUT2D eigenvalue weighted by Crippen LogP contribution is 2.29. The third-order valence-electron chi connectivity index (χ3n) is 5.13. The van der Waals surface area contributed by atoms with Crippen molar-refractivity contribution in [2.45, 2.75) is 25.9 Å². The van der Waals surface area contributed by atoms with Gasteiger partial charge in [0.25, 0.3) is 0 Å². The van der Waals surface area contributed by atoms with Crippen LogP contribution in [0.3, 0.4) is 0 Å². The van der Waals surface area contributed by atoms with Crippen LogP contribution in [0.4, 0.5) is 16.2 Å². The molecule has 2 N–H and O–H groups in total. The number of thiocarbonyl (C=S) groups is 1. The zero-order valence-electron chi connectivity index (χ0n) is 17.3. The zero-order chi connectivity index (χ0) is 21.6. The molecule has 4 rings (SSSR count). The standard InChI is InChI=1S/C23H24FN5OS/c1-30-21-13-20(29-14-17-6-2-3-7-18(17)15-29)26-22(27-21)28-23(31)25-12-4-5-16-8-10-19(24)11-9-16/h2-3,6-11,13H,4-5,12,14-15H2,1H3,(H2,25,26,27,28,31). The number of methoxy groups -OCH3 is 1. The van der Waals surface area contributed by atoms with Gasteiger partial charge in [-0.1, -0.05) is 36.4 Å². The molecule has 0 unspecified atom stereocenters. The van der Waals surface area contributed by atoms with Crippen molar-refractivity contribution in [2.75, 3.05) is 23.9 Å². The molecule has 6 nitrogen and oxygen atoms in total. The Bertz CT molecular complexity index is 1040. The summed E-state index contributed by atoms with van der Waals surface area (Å²) in [5.74, 6) is 1.43. The van der Waals surface area contributed by atoms with Gasteiger partial charge in [-0.2, -0.15) is 9.97 Å². The molecule has 0 fully saturated rings. The van der Waals surface area contributed by atoms with Crippen molar-refractivity contribution in [3.05, 3.63) is 77.1 Å². The van der Waals surface area contributed by atoms with Gasteiger partial charge in [-0.3, -0.25) is 0 Å². The molecule has 160 valence electrons. The summed E-state index contributed by atoms with van der Waals surface area (Å²) in [5.41, 5.74) is 3.69. The van der Waals surface area contributed by atoms with E-state index in [-0.39, 0.29) is 5.82 Å². The number of aryl methyl sites for hydroxylation is 1. The van der Waals surface area contributed by atoms with Crippen LogP contribution in [0.2, 0.25) is 0 Å². The van der Waals surface area contributed by atoms with Crippen LogP contribution in [0.5, 0.6) is 5.88 Å². The maximum Gasteiger partial charge on any atom is 0.234 e. The fourth-order valence-corrected chi connectivity index (χ4v) is 3.72. The number of hydrogen-bond donors (Lipinski definition) is 2. The maximum atomic E-state index is 13.0. The van der Waals surface area contributed by atoms with Crippen molar-refractivity contribution < 1.29 is 9.13 Å². The molecular formula is C23H24FN5OS. The molecule has 1 aromatic heterocycles. The Morgan fingerprint density at radius 2 is 1.81 bits per heavy atom. The van der Waals surface area contributed by atoms with Crippen LogP contribution in [0.25, 0.3) is 0 Å². The first kappa shape index (κ1) is 21.0. The second-order valence-electron chi connectivity index (χ2n) is 7.33. The molecule has 0 saturated heterocycles. The highest BCUT2D eigenvalue weighted by atomic mass is 32.1. The quantitative estimate of drug-likeness (QED) is 0.427. The molecule has 8 heteroatoms. The number of rotatable bonds is 7. The third kappa shape index (κ3) is 5.46. The topological polar surface area (TPSA) is 62.3 Å². The molecule has 2 heterocycles. The number of ether oxygens (including phenoxy) is 1. The second kappa shape index (κ2) is 9.70. The molecule has 0 radical (unpaired) electrons. The Balaban J connectivity index is 1.33. The Labute approximate surface area is 186 Å². The number of fused-ring (bicyclic) bond motifs is 1. The Morgan fingerprint density at radius 3 is 2.48 bits per heavy atom. The summed E-state index contributed by atoms with van der Waals surface area (Å²) in [6.07, 6.45) is 1.70. The average molecular weight is 438 g/mol. The summed E-state index contributed by atoms with van der Waals surface area (Å²) < 4.78 is 18.3. The molecule has 3 aromatic rings. The minimum atomic E-state index is -0.220. The summed E-state index contributed by atoms with van der Waals surface area (Å²) in [5, 5.41) is 6.66. The van der Waals surface area contributed by atoms with E-state index in [1.807, 2.05) is 6.07 Å². The fraction of sp³-hybridized carbons (Fsp3) is 0.261. The molecule has 1 aliphatic rings. The smallest absolute Gasteiger partial charge is 0.234 e. The van der Waals surface area contributed by atoms with E-state index in [9.17, 15) is 4.39 Å². The SMILES string of the molecule is COc1cc(N2Cc3ccccc3C2)nc(NC(=S)NCCCc2ccc(F)cc2)n1. The number of halogens is 1. The Morgan fingerprint density at radius 1 is 1.10 bits per heavy atom. The molecule has 0 spiro atoms. The van der Waals surface area contributed by atoms with Gasteiger partial charge in [-0.15, -0.1) is 0 Å². The summed E-state index contributed by atoms with van der Waals surface area (Å²) >= 11 is 5.39. The average Bonchev–Trinajstić information content (AvgIpc) is 3.22. The van der Waals surface area contributed by atoms with Gasteiger partial charge in [-0.05, 0) is 53.9 Å². The van der Waals surface area contributed by atoms with Crippen LogP contribution in [0, 0.1) is 5.82 Å². The number of aromatic nitrogens is 2. The van der Waals surface area contributed by atoms with Gasteiger partial charge < -0.3 is 20.3 Å². The fourth-order valence-electron chi connectivity index (χ4n) is 3.52. The summed E-state index contributed by atoms with van der Waals surface area (Å²) in [6.45, 7) is 2.27. The van der Waals surface area contributed by atoms with Gasteiger partial charge >= 0.3 is 0 Å². The summed E-state index contributed by atoms with van der Waals surface area (Å²) in [4.78, 5) is 11.2. The normalized spacial score (nSPS) is 12.4. The Kier molecular flexibility index (Phi) is 6.57. The van der Waals surface area contributed by atoms with Crippen molar-refractivity contribution in [3.8, 4) is 5.88 Å². The van der Waals surface area contributed by atoms with Crippen LogP contribution in [-0.2, 0) is 19.5 Å². The van der Waals surface area contributed by atoms with Gasteiger partial charge in [0, 0.05) is 25.7 Å². The van der Waals surface area contributed by atoms with Crippen molar-refractivity contribution >= 4 is 29.1 Å². The minimum Gasteiger partial charge on any atom is -0.481 e. The summed E-state index contributed by atoms with van der Waals surface area (Å²) in [6, 6.07) is 16.8. The number of nitrogens with zero attached hydrogens (tertiary/aromatic N) is 3. The molecule has 0 saturated carbocycles. The first-order valence-electron chi connectivity index (χ1n) is 10.1. The lowest BCUT2D eigenvalue weighted by molar-refractivity contribution is 0.397. The third-order valence-corrected chi connectivity index (χ3v) is 5.38. The van der Waals surface area contributed by atoms with E-state index in [0.717, 1.165) is 37.3 Å². The van der Waals surface area contributed by atoms with E-state index in [2.05, 4.69) is 49.8 Å². The van der Waals surface area contributed by atoms with Crippen LogP contribution in [-0.4, -0.2) is 28.7 Å². The van der Waals surface area contributed by atoms with E-state index in [0.29, 0.717) is 23.5 Å². The lowest BCUT2D eigenvalue weighted by Gasteiger charge is -2.18. The van der Waals surface area contributed by atoms with Gasteiger partial charge in [0.2, 0.25) is 11.8 Å². The lowest BCUT2D eigenvalue weighted by Crippen LogP contribution is -2.30. The van der Waals surface area contributed by atoms with Crippen LogP contribution >= 0.6 is 12.2 Å². The van der Waals surface area contributed by atoms with Crippen molar-refractivity contribution in [2.24, 2.45) is 0 Å². The van der Waals surface area contributed by atoms with E-state index in [1.54, 1.807) is 19.2 Å².